The van der Waals surface area contributed by atoms with Crippen molar-refractivity contribution in [1.29, 1.82) is 0 Å². The third kappa shape index (κ3) is 6.35. The van der Waals surface area contributed by atoms with Crippen LogP contribution in [0.4, 0.5) is 5.00 Å². The first-order chi connectivity index (χ1) is 19.1. The van der Waals surface area contributed by atoms with Gasteiger partial charge in [0.25, 0.3) is 11.8 Å². The maximum absolute atomic E-state index is 13.7. The third-order valence-electron chi connectivity index (χ3n) is 6.73. The fraction of sp³-hybridized carbons (Fsp3) is 0.444. The van der Waals surface area contributed by atoms with Crippen LogP contribution in [0.3, 0.4) is 0 Å². The zero-order valence-electron chi connectivity index (χ0n) is 23.4. The second kappa shape index (κ2) is 12.7. The Morgan fingerprint density at radius 2 is 1.75 bits per heavy atom. The standard InChI is InChI=1S/C27H35N5O6S2/c1-18-16-19(2)32(29-18)27(34)24-22-10-11-30(3)17-23(22)39-26(24)28-25(33)20-6-8-21(9-7-20)40(35,36)31(12-14-37-4)13-15-38-5/h6-9,16H,10-15,17H2,1-5H3,(H,28,33). The zero-order chi connectivity index (χ0) is 29.0. The van der Waals surface area contributed by atoms with E-state index >= 15 is 0 Å². The smallest absolute Gasteiger partial charge is 0.281 e. The molecule has 0 radical (unpaired) electrons. The minimum Gasteiger partial charge on any atom is -0.383 e. The van der Waals surface area contributed by atoms with Gasteiger partial charge in [-0.25, -0.2) is 13.1 Å². The van der Waals surface area contributed by atoms with Gasteiger partial charge in [-0.3, -0.25) is 9.59 Å². The van der Waals surface area contributed by atoms with Crippen LogP contribution in [0.1, 0.15) is 42.5 Å². The summed E-state index contributed by atoms with van der Waals surface area (Å²) in [5.74, 6) is -0.717. The number of methoxy groups -OCH3 is 2. The highest BCUT2D eigenvalue weighted by Gasteiger charge is 2.30. The van der Waals surface area contributed by atoms with Crippen LogP contribution >= 0.6 is 11.3 Å². The van der Waals surface area contributed by atoms with Gasteiger partial charge in [0.15, 0.2) is 0 Å². The van der Waals surface area contributed by atoms with E-state index in [1.54, 1.807) is 0 Å². The Hall–Kier alpha value is -2.94. The van der Waals surface area contributed by atoms with E-state index in [2.05, 4.69) is 15.3 Å². The van der Waals surface area contributed by atoms with Gasteiger partial charge < -0.3 is 19.7 Å². The van der Waals surface area contributed by atoms with E-state index in [-0.39, 0.29) is 42.7 Å². The van der Waals surface area contributed by atoms with Crippen LogP contribution in [-0.4, -0.2) is 93.3 Å². The number of anilines is 1. The van der Waals surface area contributed by atoms with E-state index in [1.165, 1.54) is 58.8 Å². The molecule has 0 aliphatic carbocycles. The Labute approximate surface area is 238 Å². The molecule has 1 aromatic carbocycles. The molecule has 0 atom stereocenters. The molecule has 0 fully saturated rings. The van der Waals surface area contributed by atoms with Gasteiger partial charge in [-0.2, -0.15) is 9.40 Å². The Kier molecular flexibility index (Phi) is 9.54. The number of ether oxygens (including phenoxy) is 2. The largest absolute Gasteiger partial charge is 0.383 e. The van der Waals surface area contributed by atoms with E-state index < -0.39 is 15.9 Å². The highest BCUT2D eigenvalue weighted by Crippen LogP contribution is 2.38. The second-order valence-electron chi connectivity index (χ2n) is 9.71. The predicted molar refractivity (Wildman–Crippen MR) is 153 cm³/mol. The first-order valence-electron chi connectivity index (χ1n) is 12.9. The number of carbonyl (C=O) groups is 2. The molecule has 13 heteroatoms. The Morgan fingerprint density at radius 1 is 1.10 bits per heavy atom. The molecule has 1 aliphatic rings. The first-order valence-corrected chi connectivity index (χ1v) is 15.1. The minimum atomic E-state index is -3.82. The fourth-order valence-corrected chi connectivity index (χ4v) is 7.35. The lowest BCUT2D eigenvalue weighted by molar-refractivity contribution is 0.0942. The molecule has 0 saturated carbocycles. The van der Waals surface area contributed by atoms with Gasteiger partial charge in [-0.05, 0) is 63.2 Å². The fourth-order valence-electron chi connectivity index (χ4n) is 4.63. The molecule has 0 saturated heterocycles. The topological polar surface area (TPSA) is 123 Å². The summed E-state index contributed by atoms with van der Waals surface area (Å²) in [4.78, 5) is 30.2. The molecular formula is C27H35N5O6S2. The average Bonchev–Trinajstić information content (AvgIpc) is 3.45. The second-order valence-corrected chi connectivity index (χ2v) is 12.8. The highest BCUT2D eigenvalue weighted by atomic mass is 32.2. The number of aromatic nitrogens is 2. The number of thiophene rings is 1. The maximum atomic E-state index is 13.7. The van der Waals surface area contributed by atoms with Crippen LogP contribution in [0.5, 0.6) is 0 Å². The monoisotopic (exact) mass is 589 g/mol. The van der Waals surface area contributed by atoms with Crippen LogP contribution in [0.15, 0.2) is 35.2 Å². The van der Waals surface area contributed by atoms with Crippen LogP contribution < -0.4 is 5.32 Å². The number of fused-ring (bicyclic) bond motifs is 1. The molecular weight excluding hydrogens is 554 g/mol. The van der Waals surface area contributed by atoms with E-state index in [4.69, 9.17) is 9.47 Å². The number of likely N-dealkylation sites (N-methyl/N-ethyl adjacent to an activating group) is 1. The number of carbonyl (C=O) groups excluding carboxylic acids is 2. The summed E-state index contributed by atoms with van der Waals surface area (Å²) < 4.78 is 39.2. The van der Waals surface area contributed by atoms with Crippen LogP contribution in [0, 0.1) is 13.8 Å². The van der Waals surface area contributed by atoms with Crippen molar-refractivity contribution in [3.05, 3.63) is 63.3 Å². The first kappa shape index (κ1) is 30.0. The number of aryl methyl sites for hydroxylation is 2. The molecule has 40 heavy (non-hydrogen) atoms. The number of sulfonamides is 1. The van der Waals surface area contributed by atoms with Crippen molar-refractivity contribution in [2.24, 2.45) is 0 Å². The maximum Gasteiger partial charge on any atom is 0.281 e. The van der Waals surface area contributed by atoms with Crippen molar-refractivity contribution in [3.63, 3.8) is 0 Å². The van der Waals surface area contributed by atoms with E-state index in [0.29, 0.717) is 23.5 Å². The lowest BCUT2D eigenvalue weighted by Gasteiger charge is -2.22. The number of rotatable bonds is 11. The van der Waals surface area contributed by atoms with Gasteiger partial charge in [0.1, 0.15) is 5.00 Å². The molecule has 3 heterocycles. The Morgan fingerprint density at radius 3 is 2.33 bits per heavy atom. The summed E-state index contributed by atoms with van der Waals surface area (Å²) in [6.45, 7) is 5.97. The summed E-state index contributed by atoms with van der Waals surface area (Å²) in [7, 11) is 1.21. The van der Waals surface area contributed by atoms with Gasteiger partial charge in [0, 0.05) is 56.5 Å². The van der Waals surface area contributed by atoms with Crippen molar-refractivity contribution in [2.45, 2.75) is 31.7 Å². The SMILES string of the molecule is COCCN(CCOC)S(=O)(=O)c1ccc(C(=O)Nc2sc3c(c2C(=O)n2nc(C)cc2C)CCN(C)C3)cc1. The predicted octanol–water partition coefficient (Wildman–Crippen LogP) is 2.77. The third-order valence-corrected chi connectivity index (χ3v) is 9.78. The number of nitrogens with zero attached hydrogens (tertiary/aromatic N) is 4. The molecule has 1 amide bonds. The summed E-state index contributed by atoms with van der Waals surface area (Å²) in [6.07, 6.45) is 0.688. The summed E-state index contributed by atoms with van der Waals surface area (Å²) >= 11 is 1.39. The highest BCUT2D eigenvalue weighted by molar-refractivity contribution is 7.89. The minimum absolute atomic E-state index is 0.0614. The summed E-state index contributed by atoms with van der Waals surface area (Å²) in [5.41, 5.74) is 3.11. The van der Waals surface area contributed by atoms with Crippen molar-refractivity contribution >= 4 is 38.2 Å². The van der Waals surface area contributed by atoms with Crippen molar-refractivity contribution in [2.75, 3.05) is 59.4 Å². The lowest BCUT2D eigenvalue weighted by atomic mass is 10.0. The van der Waals surface area contributed by atoms with Gasteiger partial charge in [-0.15, -0.1) is 11.3 Å². The molecule has 1 N–H and O–H groups in total. The number of nitrogens with one attached hydrogen (secondary N) is 1. The summed E-state index contributed by atoms with van der Waals surface area (Å²) in [6, 6.07) is 7.60. The molecule has 2 aromatic heterocycles. The van der Waals surface area contributed by atoms with E-state index in [1.807, 2.05) is 27.0 Å². The Balaban J connectivity index is 1.60. The van der Waals surface area contributed by atoms with Crippen molar-refractivity contribution in [3.8, 4) is 0 Å². The van der Waals surface area contributed by atoms with Crippen LogP contribution in [0.25, 0.3) is 0 Å². The normalized spacial score (nSPS) is 13.9. The van der Waals surface area contributed by atoms with E-state index in [9.17, 15) is 18.0 Å². The van der Waals surface area contributed by atoms with E-state index in [0.717, 1.165) is 28.4 Å². The molecule has 0 bridgehead atoms. The molecule has 0 spiro atoms. The average molecular weight is 590 g/mol. The number of benzene rings is 1. The molecule has 11 nitrogen and oxygen atoms in total. The van der Waals surface area contributed by atoms with Crippen LogP contribution in [0.2, 0.25) is 0 Å². The molecule has 4 rings (SSSR count). The zero-order valence-corrected chi connectivity index (χ0v) is 25.0. The van der Waals surface area contributed by atoms with Gasteiger partial charge in [0.05, 0.1) is 29.4 Å². The van der Waals surface area contributed by atoms with Gasteiger partial charge in [0.2, 0.25) is 10.0 Å². The number of amides is 1. The Bertz CT molecular complexity index is 1470. The molecule has 1 aliphatic heterocycles. The summed E-state index contributed by atoms with van der Waals surface area (Å²) in [5, 5.41) is 7.75. The van der Waals surface area contributed by atoms with Crippen molar-refractivity contribution < 1.29 is 27.5 Å². The lowest BCUT2D eigenvalue weighted by Crippen LogP contribution is -2.36. The van der Waals surface area contributed by atoms with Gasteiger partial charge in [-0.1, -0.05) is 0 Å². The van der Waals surface area contributed by atoms with Crippen LogP contribution in [-0.2, 0) is 32.5 Å². The molecule has 3 aromatic rings. The number of hydrogen-bond donors (Lipinski definition) is 1. The number of hydrogen-bond acceptors (Lipinski definition) is 9. The molecule has 216 valence electrons. The molecule has 0 unspecified atom stereocenters. The van der Waals surface area contributed by atoms with Crippen molar-refractivity contribution in [1.82, 2.24) is 19.0 Å². The van der Waals surface area contributed by atoms with Gasteiger partial charge >= 0.3 is 0 Å². The quantitative estimate of drug-likeness (QED) is 0.362.